The first-order chi connectivity index (χ1) is 11.2. The van der Waals surface area contributed by atoms with Crippen molar-refractivity contribution in [3.63, 3.8) is 0 Å². The number of nitrogens with one attached hydrogen (secondary N) is 1. The number of carbonyl (C=O) groups excluding carboxylic acids is 1. The Morgan fingerprint density at radius 1 is 1.39 bits per heavy atom. The average molecular weight is 317 g/mol. The van der Waals surface area contributed by atoms with Crippen molar-refractivity contribution in [1.82, 2.24) is 10.2 Å². The average Bonchev–Trinajstić information content (AvgIpc) is 2.84. The van der Waals surface area contributed by atoms with E-state index in [0.29, 0.717) is 37.9 Å². The second-order valence-corrected chi connectivity index (χ2v) is 6.22. The molecule has 2 bridgehead atoms. The summed E-state index contributed by atoms with van der Waals surface area (Å²) in [7, 11) is 2.32. The van der Waals surface area contributed by atoms with Gasteiger partial charge in [-0.15, -0.1) is 0 Å². The third-order valence-electron chi connectivity index (χ3n) is 4.77. The molecule has 0 amide bonds. The number of nitrogens with zero attached hydrogens (tertiary/aromatic N) is 2. The highest BCUT2D eigenvalue weighted by molar-refractivity contribution is 6.23. The number of ether oxygens (including phenoxy) is 1. The van der Waals surface area contributed by atoms with Crippen LogP contribution in [-0.4, -0.2) is 50.4 Å². The van der Waals surface area contributed by atoms with Crippen molar-refractivity contribution >= 4 is 19.4 Å². The minimum atomic E-state index is -0.308. The van der Waals surface area contributed by atoms with Gasteiger partial charge >= 0.3 is 13.6 Å². The number of hydrogen-bond donors (Lipinski definition) is 1. The molecule has 1 aromatic heterocycles. The van der Waals surface area contributed by atoms with Crippen LogP contribution in [0, 0.1) is 0 Å². The van der Waals surface area contributed by atoms with Crippen molar-refractivity contribution in [1.29, 1.82) is 0 Å². The lowest BCUT2D eigenvalue weighted by molar-refractivity contribution is 0.0526. The Bertz CT molecular complexity index is 526. The SMILES string of the molecule is CCOC(=O)c1ccc(N2C3CCC2CC(NBOC)C3)nc1. The summed E-state index contributed by atoms with van der Waals surface area (Å²) in [4.78, 5) is 18.7. The Hall–Kier alpha value is -1.60. The fraction of sp³-hybridized carbons (Fsp3) is 0.625. The molecule has 7 heteroatoms. The van der Waals surface area contributed by atoms with Crippen molar-refractivity contribution in [3.8, 4) is 0 Å². The second kappa shape index (κ2) is 7.32. The van der Waals surface area contributed by atoms with Gasteiger partial charge in [0.05, 0.1) is 12.2 Å². The van der Waals surface area contributed by atoms with Crippen LogP contribution < -0.4 is 10.1 Å². The number of piperidine rings is 1. The van der Waals surface area contributed by atoms with Gasteiger partial charge in [0.2, 0.25) is 0 Å². The van der Waals surface area contributed by atoms with Gasteiger partial charge in [0.15, 0.2) is 0 Å². The summed E-state index contributed by atoms with van der Waals surface area (Å²) in [5.41, 5.74) is 0.514. The molecule has 2 saturated heterocycles. The summed E-state index contributed by atoms with van der Waals surface area (Å²) in [5.74, 6) is 0.660. The standard InChI is InChI=1S/C16H24BN3O3/c1-3-23-16(21)11-4-7-15(18-10-11)20-13-5-6-14(20)9-12(8-13)19-17-22-2/h4,7,10,12-14,17,19H,3,5-6,8-9H2,1-2H3. The van der Waals surface area contributed by atoms with Crippen LogP contribution in [0.3, 0.4) is 0 Å². The smallest absolute Gasteiger partial charge is 0.360 e. The van der Waals surface area contributed by atoms with Gasteiger partial charge in [0.25, 0.3) is 0 Å². The summed E-state index contributed by atoms with van der Waals surface area (Å²) in [6.45, 7) is 2.19. The lowest BCUT2D eigenvalue weighted by Crippen LogP contribution is -2.50. The summed E-state index contributed by atoms with van der Waals surface area (Å²) in [6, 6.07) is 5.31. The van der Waals surface area contributed by atoms with Gasteiger partial charge in [-0.25, -0.2) is 9.78 Å². The number of esters is 1. The van der Waals surface area contributed by atoms with E-state index >= 15 is 0 Å². The van der Waals surface area contributed by atoms with E-state index < -0.39 is 0 Å². The largest absolute Gasteiger partial charge is 0.462 e. The monoisotopic (exact) mass is 317 g/mol. The second-order valence-electron chi connectivity index (χ2n) is 6.22. The van der Waals surface area contributed by atoms with Crippen molar-refractivity contribution < 1.29 is 14.2 Å². The van der Waals surface area contributed by atoms with Crippen LogP contribution in [0.25, 0.3) is 0 Å². The van der Waals surface area contributed by atoms with Gasteiger partial charge in [-0.05, 0) is 44.7 Å². The molecule has 0 aromatic carbocycles. The van der Waals surface area contributed by atoms with E-state index in [1.807, 2.05) is 12.1 Å². The molecule has 2 atom stereocenters. The van der Waals surface area contributed by atoms with Crippen LogP contribution in [0.15, 0.2) is 18.3 Å². The van der Waals surface area contributed by atoms with Crippen LogP contribution in [0.1, 0.15) is 43.0 Å². The van der Waals surface area contributed by atoms with E-state index in [1.54, 1.807) is 20.2 Å². The molecule has 2 aliphatic heterocycles. The quantitative estimate of drug-likeness (QED) is 0.629. The molecule has 3 heterocycles. The molecule has 2 fully saturated rings. The number of pyridine rings is 1. The van der Waals surface area contributed by atoms with E-state index in [9.17, 15) is 4.79 Å². The minimum absolute atomic E-state index is 0.308. The van der Waals surface area contributed by atoms with Crippen LogP contribution in [-0.2, 0) is 9.39 Å². The molecule has 1 N–H and O–H groups in total. The van der Waals surface area contributed by atoms with E-state index in [-0.39, 0.29) is 5.97 Å². The molecular formula is C16H24BN3O3. The topological polar surface area (TPSA) is 63.7 Å². The van der Waals surface area contributed by atoms with Crippen LogP contribution in [0.4, 0.5) is 5.82 Å². The van der Waals surface area contributed by atoms with Crippen molar-refractivity contribution in [2.24, 2.45) is 0 Å². The van der Waals surface area contributed by atoms with Gasteiger partial charge in [-0.1, -0.05) is 0 Å². The number of rotatable bonds is 6. The van der Waals surface area contributed by atoms with Crippen LogP contribution in [0.2, 0.25) is 0 Å². The first-order valence-electron chi connectivity index (χ1n) is 8.36. The first-order valence-corrected chi connectivity index (χ1v) is 8.36. The third kappa shape index (κ3) is 3.51. The predicted octanol–water partition coefficient (Wildman–Crippen LogP) is 1.26. The fourth-order valence-corrected chi connectivity index (χ4v) is 3.79. The van der Waals surface area contributed by atoms with Crippen molar-refractivity contribution in [3.05, 3.63) is 23.9 Å². The molecule has 23 heavy (non-hydrogen) atoms. The summed E-state index contributed by atoms with van der Waals surface area (Å²) in [6.07, 6.45) is 6.26. The molecule has 2 unspecified atom stereocenters. The highest BCUT2D eigenvalue weighted by Gasteiger charge is 2.41. The Morgan fingerprint density at radius 3 is 2.70 bits per heavy atom. The lowest BCUT2D eigenvalue weighted by atomic mass is 9.95. The first kappa shape index (κ1) is 16.3. The molecule has 1 aromatic rings. The summed E-state index contributed by atoms with van der Waals surface area (Å²) in [5, 5.41) is 3.45. The highest BCUT2D eigenvalue weighted by Crippen LogP contribution is 2.38. The van der Waals surface area contributed by atoms with E-state index in [4.69, 9.17) is 9.39 Å². The Kier molecular flexibility index (Phi) is 5.18. The maximum atomic E-state index is 11.7. The number of fused-ring (bicyclic) bond motifs is 2. The van der Waals surface area contributed by atoms with Gasteiger partial charge in [-0.3, -0.25) is 0 Å². The number of hydrogen-bond acceptors (Lipinski definition) is 6. The molecular weight excluding hydrogens is 293 g/mol. The Morgan fingerprint density at radius 2 is 2.13 bits per heavy atom. The molecule has 6 nitrogen and oxygen atoms in total. The highest BCUT2D eigenvalue weighted by atomic mass is 16.5. The summed E-state index contributed by atoms with van der Waals surface area (Å²) >= 11 is 0. The van der Waals surface area contributed by atoms with Gasteiger partial charge in [-0.2, -0.15) is 0 Å². The summed E-state index contributed by atoms with van der Waals surface area (Å²) < 4.78 is 10.1. The zero-order chi connectivity index (χ0) is 16.2. The molecule has 0 aliphatic carbocycles. The van der Waals surface area contributed by atoms with Gasteiger partial charge in [0, 0.05) is 31.4 Å². The normalized spacial score (nSPS) is 26.2. The van der Waals surface area contributed by atoms with E-state index in [1.165, 1.54) is 12.8 Å². The molecule has 0 saturated carbocycles. The molecule has 2 aliphatic rings. The van der Waals surface area contributed by atoms with Gasteiger partial charge < -0.3 is 19.5 Å². The van der Waals surface area contributed by atoms with Crippen molar-refractivity contribution in [2.45, 2.75) is 50.7 Å². The van der Waals surface area contributed by atoms with Crippen LogP contribution in [0.5, 0.6) is 0 Å². The number of carbonyl (C=O) groups is 1. The molecule has 0 spiro atoms. The zero-order valence-electron chi connectivity index (χ0n) is 13.8. The Labute approximate surface area is 137 Å². The maximum Gasteiger partial charge on any atom is 0.360 e. The minimum Gasteiger partial charge on any atom is -0.462 e. The predicted molar refractivity (Wildman–Crippen MR) is 89.8 cm³/mol. The lowest BCUT2D eigenvalue weighted by Gasteiger charge is -2.40. The fourth-order valence-electron chi connectivity index (χ4n) is 3.79. The number of anilines is 1. The number of aromatic nitrogens is 1. The van der Waals surface area contributed by atoms with E-state index in [0.717, 1.165) is 18.7 Å². The molecule has 3 rings (SSSR count). The van der Waals surface area contributed by atoms with Gasteiger partial charge in [0.1, 0.15) is 5.82 Å². The van der Waals surface area contributed by atoms with E-state index in [2.05, 4.69) is 15.1 Å². The van der Waals surface area contributed by atoms with Crippen LogP contribution >= 0.6 is 0 Å². The zero-order valence-corrected chi connectivity index (χ0v) is 13.8. The van der Waals surface area contributed by atoms with Crippen molar-refractivity contribution in [2.75, 3.05) is 18.6 Å². The molecule has 0 radical (unpaired) electrons. The maximum absolute atomic E-state index is 11.7. The molecule has 124 valence electrons. The third-order valence-corrected chi connectivity index (χ3v) is 4.77. The Balaban J connectivity index is 1.67.